The summed E-state index contributed by atoms with van der Waals surface area (Å²) in [6.07, 6.45) is -0.238. The van der Waals surface area contributed by atoms with Gasteiger partial charge in [0.2, 0.25) is 0 Å². The van der Waals surface area contributed by atoms with Gasteiger partial charge in [-0.05, 0) is 18.7 Å². The monoisotopic (exact) mass is 285 g/mol. The molecule has 1 aliphatic heterocycles. The molecule has 2 unspecified atom stereocenters. The molecule has 1 aliphatic rings. The van der Waals surface area contributed by atoms with Gasteiger partial charge < -0.3 is 9.84 Å². The molecule has 0 bridgehead atoms. The van der Waals surface area contributed by atoms with Crippen molar-refractivity contribution in [3.8, 4) is 5.75 Å². The average molecular weight is 285 g/mol. The van der Waals surface area contributed by atoms with Crippen LogP contribution in [0.25, 0.3) is 0 Å². The molecule has 0 amide bonds. The number of nitrogens with zero attached hydrogens (tertiary/aromatic N) is 1. The molecule has 1 heterocycles. The Morgan fingerprint density at radius 2 is 2.37 bits per heavy atom. The molecule has 0 aliphatic carbocycles. The molecule has 1 fully saturated rings. The van der Waals surface area contributed by atoms with Gasteiger partial charge in [0.15, 0.2) is 11.6 Å². The number of methoxy groups -OCH3 is 1. The van der Waals surface area contributed by atoms with E-state index in [0.29, 0.717) is 12.0 Å². The number of ether oxygens (including phenoxy) is 1. The van der Waals surface area contributed by atoms with Gasteiger partial charge in [-0.3, -0.25) is 4.90 Å². The molecule has 0 aromatic heterocycles. The van der Waals surface area contributed by atoms with Crippen molar-refractivity contribution in [3.63, 3.8) is 0 Å². The number of thioether (sulfide) groups is 1. The fourth-order valence-electron chi connectivity index (χ4n) is 2.34. The van der Waals surface area contributed by atoms with Crippen molar-refractivity contribution in [1.82, 2.24) is 4.90 Å². The Labute approximate surface area is 117 Å². The van der Waals surface area contributed by atoms with E-state index >= 15 is 0 Å². The minimum absolute atomic E-state index is 0.0874. The molecule has 0 radical (unpaired) electrons. The molecular weight excluding hydrogens is 265 g/mol. The Hall–Kier alpha value is -0.780. The number of likely N-dealkylation sites (N-methyl/N-ethyl adjacent to an activating group) is 1. The second-order valence-electron chi connectivity index (χ2n) is 4.83. The van der Waals surface area contributed by atoms with Crippen LogP contribution in [0.2, 0.25) is 0 Å². The molecule has 1 aromatic carbocycles. The predicted octanol–water partition coefficient (Wildman–Crippen LogP) is 1.78. The maximum atomic E-state index is 14.0. The van der Waals surface area contributed by atoms with Crippen molar-refractivity contribution in [3.05, 3.63) is 29.6 Å². The standard InChI is InChI=1S/C14H20FNO2S/c1-16-6-7-19-9-11(16)12(17)8-10-4-3-5-13(18-2)14(10)15/h3-5,11-12,17H,6-9H2,1-2H3. The highest BCUT2D eigenvalue weighted by atomic mass is 32.2. The van der Waals surface area contributed by atoms with Crippen LogP contribution in [0, 0.1) is 5.82 Å². The molecule has 0 saturated carbocycles. The third-order valence-corrected chi connectivity index (χ3v) is 4.63. The number of aliphatic hydroxyl groups excluding tert-OH is 1. The zero-order valence-electron chi connectivity index (χ0n) is 11.3. The Morgan fingerprint density at radius 1 is 1.58 bits per heavy atom. The molecule has 19 heavy (non-hydrogen) atoms. The number of aliphatic hydroxyl groups is 1. The third kappa shape index (κ3) is 3.41. The van der Waals surface area contributed by atoms with E-state index in [4.69, 9.17) is 4.74 Å². The molecule has 1 saturated heterocycles. The second-order valence-corrected chi connectivity index (χ2v) is 5.98. The van der Waals surface area contributed by atoms with Crippen molar-refractivity contribution in [2.24, 2.45) is 0 Å². The molecule has 1 aromatic rings. The lowest BCUT2D eigenvalue weighted by Gasteiger charge is -2.35. The first kappa shape index (κ1) is 14.6. The molecular formula is C14H20FNO2S. The Morgan fingerprint density at radius 3 is 3.05 bits per heavy atom. The van der Waals surface area contributed by atoms with Gasteiger partial charge in [0, 0.05) is 30.5 Å². The summed E-state index contributed by atoms with van der Waals surface area (Å²) in [6.45, 7) is 0.965. The maximum absolute atomic E-state index is 14.0. The molecule has 1 N–H and O–H groups in total. The number of halogens is 1. The van der Waals surface area contributed by atoms with Crippen molar-refractivity contribution in [2.75, 3.05) is 32.2 Å². The van der Waals surface area contributed by atoms with Crippen LogP contribution in [0.15, 0.2) is 18.2 Å². The summed E-state index contributed by atoms with van der Waals surface area (Å²) in [6, 6.07) is 5.14. The van der Waals surface area contributed by atoms with E-state index in [0.717, 1.165) is 18.1 Å². The molecule has 106 valence electrons. The molecule has 3 nitrogen and oxygen atoms in total. The van der Waals surface area contributed by atoms with E-state index in [-0.39, 0.29) is 17.6 Å². The van der Waals surface area contributed by atoms with Crippen molar-refractivity contribution in [1.29, 1.82) is 0 Å². The fourth-order valence-corrected chi connectivity index (χ4v) is 3.65. The molecule has 2 atom stereocenters. The highest BCUT2D eigenvalue weighted by Gasteiger charge is 2.27. The van der Waals surface area contributed by atoms with Gasteiger partial charge in [0.25, 0.3) is 0 Å². The fraction of sp³-hybridized carbons (Fsp3) is 0.571. The summed E-state index contributed by atoms with van der Waals surface area (Å²) in [7, 11) is 3.46. The van der Waals surface area contributed by atoms with Crippen LogP contribution in [-0.2, 0) is 6.42 Å². The topological polar surface area (TPSA) is 32.7 Å². The number of hydrogen-bond donors (Lipinski definition) is 1. The zero-order chi connectivity index (χ0) is 13.8. The summed E-state index contributed by atoms with van der Waals surface area (Å²) in [5, 5.41) is 10.3. The smallest absolute Gasteiger partial charge is 0.168 e. The summed E-state index contributed by atoms with van der Waals surface area (Å²) in [4.78, 5) is 2.15. The zero-order valence-corrected chi connectivity index (χ0v) is 12.1. The lowest BCUT2D eigenvalue weighted by Crippen LogP contribution is -2.47. The lowest BCUT2D eigenvalue weighted by atomic mass is 10.0. The second kappa shape index (κ2) is 6.59. The van der Waals surface area contributed by atoms with E-state index in [1.54, 1.807) is 18.2 Å². The van der Waals surface area contributed by atoms with Gasteiger partial charge in [-0.15, -0.1) is 0 Å². The first-order valence-corrected chi connectivity index (χ1v) is 7.56. The van der Waals surface area contributed by atoms with Crippen molar-refractivity contribution >= 4 is 11.8 Å². The van der Waals surface area contributed by atoms with E-state index in [1.165, 1.54) is 7.11 Å². The number of hydrogen-bond acceptors (Lipinski definition) is 4. The summed E-state index contributed by atoms with van der Waals surface area (Å²) in [5.41, 5.74) is 0.510. The molecule has 0 spiro atoms. The number of rotatable bonds is 4. The van der Waals surface area contributed by atoms with Gasteiger partial charge in [-0.25, -0.2) is 4.39 Å². The lowest BCUT2D eigenvalue weighted by molar-refractivity contribution is 0.0756. The van der Waals surface area contributed by atoms with Crippen LogP contribution in [-0.4, -0.2) is 54.4 Å². The van der Waals surface area contributed by atoms with Gasteiger partial charge in [0.05, 0.1) is 13.2 Å². The van der Waals surface area contributed by atoms with Crippen LogP contribution in [0.4, 0.5) is 4.39 Å². The average Bonchev–Trinajstić information content (AvgIpc) is 2.41. The minimum Gasteiger partial charge on any atom is -0.494 e. The van der Waals surface area contributed by atoms with E-state index in [1.807, 2.05) is 18.8 Å². The van der Waals surface area contributed by atoms with Gasteiger partial charge in [-0.2, -0.15) is 11.8 Å². The van der Waals surface area contributed by atoms with Crippen LogP contribution in [0.1, 0.15) is 5.56 Å². The largest absolute Gasteiger partial charge is 0.494 e. The highest BCUT2D eigenvalue weighted by molar-refractivity contribution is 7.99. The van der Waals surface area contributed by atoms with Gasteiger partial charge >= 0.3 is 0 Å². The normalized spacial score (nSPS) is 22.2. The first-order valence-electron chi connectivity index (χ1n) is 6.41. The van der Waals surface area contributed by atoms with E-state index < -0.39 is 6.10 Å². The Balaban J connectivity index is 2.08. The van der Waals surface area contributed by atoms with Crippen molar-refractivity contribution < 1.29 is 14.2 Å². The Bertz CT molecular complexity index is 430. The van der Waals surface area contributed by atoms with Crippen LogP contribution in [0.5, 0.6) is 5.75 Å². The van der Waals surface area contributed by atoms with Gasteiger partial charge in [-0.1, -0.05) is 12.1 Å². The summed E-state index contributed by atoms with van der Waals surface area (Å²) in [5.74, 6) is 1.85. The SMILES string of the molecule is COc1cccc(CC(O)C2CSCCN2C)c1F. The predicted molar refractivity (Wildman–Crippen MR) is 76.4 cm³/mol. The summed E-state index contributed by atoms with van der Waals surface area (Å²) >= 11 is 1.84. The molecule has 2 rings (SSSR count). The van der Waals surface area contributed by atoms with Crippen LogP contribution >= 0.6 is 11.8 Å². The van der Waals surface area contributed by atoms with Crippen LogP contribution in [0.3, 0.4) is 0 Å². The molecule has 5 heteroatoms. The van der Waals surface area contributed by atoms with Crippen LogP contribution < -0.4 is 4.74 Å². The first-order chi connectivity index (χ1) is 9.13. The van der Waals surface area contributed by atoms with E-state index in [2.05, 4.69) is 4.90 Å². The van der Waals surface area contributed by atoms with E-state index in [9.17, 15) is 9.50 Å². The Kier molecular flexibility index (Phi) is 5.07. The quantitative estimate of drug-likeness (QED) is 0.914. The maximum Gasteiger partial charge on any atom is 0.168 e. The summed E-state index contributed by atoms with van der Waals surface area (Å²) < 4.78 is 19.0. The third-order valence-electron chi connectivity index (χ3n) is 3.58. The minimum atomic E-state index is -0.556. The number of benzene rings is 1. The van der Waals surface area contributed by atoms with Crippen molar-refractivity contribution in [2.45, 2.75) is 18.6 Å². The highest BCUT2D eigenvalue weighted by Crippen LogP contribution is 2.24. The van der Waals surface area contributed by atoms with Gasteiger partial charge in [0.1, 0.15) is 0 Å².